The van der Waals surface area contributed by atoms with Crippen molar-refractivity contribution in [2.45, 2.75) is 6.92 Å². The van der Waals surface area contributed by atoms with E-state index in [2.05, 4.69) is 9.97 Å². The number of hydrogen-bond donors (Lipinski definition) is 0. The van der Waals surface area contributed by atoms with E-state index in [-0.39, 0.29) is 5.97 Å². The molecule has 2 heterocycles. The molecule has 0 aliphatic carbocycles. The number of thiophene rings is 1. The quantitative estimate of drug-likeness (QED) is 0.629. The molecule has 0 saturated heterocycles. The maximum Gasteiger partial charge on any atom is 0.348 e. The van der Waals surface area contributed by atoms with Crippen LogP contribution in [-0.2, 0) is 4.74 Å². The van der Waals surface area contributed by atoms with Crippen molar-refractivity contribution >= 4 is 31.2 Å². The van der Waals surface area contributed by atoms with Crippen molar-refractivity contribution in [3.8, 4) is 10.6 Å². The van der Waals surface area contributed by atoms with E-state index < -0.39 is 0 Å². The molecule has 0 aromatic carbocycles. The molecule has 5 nitrogen and oxygen atoms in total. The average molecular weight is 273 g/mol. The number of carbonyl (C=O) groups is 1. The van der Waals surface area contributed by atoms with Gasteiger partial charge in [0, 0.05) is 6.20 Å². The summed E-state index contributed by atoms with van der Waals surface area (Å²) in [6, 6.07) is 5.33. The van der Waals surface area contributed by atoms with E-state index >= 15 is 0 Å². The molecule has 0 amide bonds. The fourth-order valence-electron chi connectivity index (χ4n) is 1.44. The van der Waals surface area contributed by atoms with Gasteiger partial charge in [0.1, 0.15) is 4.88 Å². The van der Waals surface area contributed by atoms with Gasteiger partial charge >= 0.3 is 5.97 Å². The summed E-state index contributed by atoms with van der Waals surface area (Å²) in [7, 11) is 7.26. The van der Waals surface area contributed by atoms with Crippen LogP contribution in [0.5, 0.6) is 0 Å². The van der Waals surface area contributed by atoms with E-state index in [1.807, 2.05) is 6.07 Å². The molecule has 96 valence electrons. The second-order valence-corrected chi connectivity index (χ2v) is 4.82. The highest BCUT2D eigenvalue weighted by atomic mass is 32.1. The fraction of sp³-hybridized carbons (Fsp3) is 0.250. The lowest BCUT2D eigenvalue weighted by molar-refractivity contribution is 0.0532. The summed E-state index contributed by atoms with van der Waals surface area (Å²) >= 11 is 1.33. The maximum absolute atomic E-state index is 11.6. The first-order valence-corrected chi connectivity index (χ1v) is 6.52. The molecule has 2 radical (unpaired) electrons. The Kier molecular flexibility index (Phi) is 4.16. The van der Waals surface area contributed by atoms with E-state index in [9.17, 15) is 4.79 Å². The first-order chi connectivity index (χ1) is 9.11. The predicted octanol–water partition coefficient (Wildman–Crippen LogP) is 1.90. The van der Waals surface area contributed by atoms with Crippen molar-refractivity contribution in [3.63, 3.8) is 0 Å². The molecule has 19 heavy (non-hydrogen) atoms. The lowest BCUT2D eigenvalue weighted by Crippen LogP contribution is -2.14. The van der Waals surface area contributed by atoms with Gasteiger partial charge in [0.05, 0.1) is 17.2 Å². The average Bonchev–Trinajstić information content (AvgIpc) is 2.89. The molecule has 0 fully saturated rings. The molecule has 2 aromatic rings. The minimum absolute atomic E-state index is 0.316. The molecule has 0 aliphatic rings. The Bertz CT molecular complexity index is 586. The van der Waals surface area contributed by atoms with Crippen LogP contribution in [-0.4, -0.2) is 37.6 Å². The molecule has 0 spiro atoms. The normalized spacial score (nSPS) is 10.2. The Hall–Kier alpha value is -1.89. The SMILES string of the molecule is [B]N(C)c1nccc(-c2ccc(C(=O)OCC)s2)n1. The van der Waals surface area contributed by atoms with Crippen LogP contribution in [0.15, 0.2) is 24.4 Å². The largest absolute Gasteiger partial charge is 0.462 e. The molecule has 7 heteroatoms. The van der Waals surface area contributed by atoms with Gasteiger partial charge in [-0.2, -0.15) is 0 Å². The monoisotopic (exact) mass is 273 g/mol. The second kappa shape index (κ2) is 5.84. The third-order valence-corrected chi connectivity index (χ3v) is 3.38. The number of carbonyl (C=O) groups excluding carboxylic acids is 1. The van der Waals surface area contributed by atoms with Gasteiger partial charge in [0.25, 0.3) is 0 Å². The van der Waals surface area contributed by atoms with Gasteiger partial charge < -0.3 is 9.55 Å². The van der Waals surface area contributed by atoms with E-state index in [0.717, 1.165) is 10.6 Å². The highest BCUT2D eigenvalue weighted by molar-refractivity contribution is 7.17. The summed E-state index contributed by atoms with van der Waals surface area (Å²) in [5.74, 6) is 0.104. The fourth-order valence-corrected chi connectivity index (χ4v) is 2.31. The highest BCUT2D eigenvalue weighted by Crippen LogP contribution is 2.27. The summed E-state index contributed by atoms with van der Waals surface area (Å²) in [5.41, 5.74) is 0.725. The van der Waals surface area contributed by atoms with E-state index in [1.54, 1.807) is 32.3 Å². The summed E-state index contributed by atoms with van der Waals surface area (Å²) in [6.07, 6.45) is 1.63. The highest BCUT2D eigenvalue weighted by Gasteiger charge is 2.12. The lowest BCUT2D eigenvalue weighted by atomic mass is 10.3. The maximum atomic E-state index is 11.6. The zero-order valence-corrected chi connectivity index (χ0v) is 11.5. The Morgan fingerprint density at radius 1 is 1.47 bits per heavy atom. The van der Waals surface area contributed by atoms with Crippen LogP contribution in [0, 0.1) is 0 Å². The molecular weight excluding hydrogens is 261 g/mol. The number of anilines is 1. The minimum atomic E-state index is -0.316. The van der Waals surface area contributed by atoms with Gasteiger partial charge in [0.2, 0.25) is 13.9 Å². The smallest absolute Gasteiger partial charge is 0.348 e. The van der Waals surface area contributed by atoms with Crippen LogP contribution < -0.4 is 4.81 Å². The molecule has 0 N–H and O–H groups in total. The Labute approximate surface area is 116 Å². The molecule has 2 rings (SSSR count). The third-order valence-electron chi connectivity index (χ3n) is 2.29. The molecule has 0 saturated carbocycles. The van der Waals surface area contributed by atoms with Crippen molar-refractivity contribution in [3.05, 3.63) is 29.3 Å². The van der Waals surface area contributed by atoms with E-state index in [1.165, 1.54) is 16.1 Å². The van der Waals surface area contributed by atoms with Crippen molar-refractivity contribution < 1.29 is 9.53 Å². The van der Waals surface area contributed by atoms with Crippen molar-refractivity contribution in [2.75, 3.05) is 18.5 Å². The zero-order chi connectivity index (χ0) is 13.8. The van der Waals surface area contributed by atoms with Crippen molar-refractivity contribution in [1.82, 2.24) is 9.97 Å². The van der Waals surface area contributed by atoms with Gasteiger partial charge in [-0.25, -0.2) is 14.8 Å². The van der Waals surface area contributed by atoms with Gasteiger partial charge in [-0.05, 0) is 32.2 Å². The number of ether oxygens (including phenoxy) is 1. The molecular formula is C12H12BN3O2S. The lowest BCUT2D eigenvalue weighted by Gasteiger charge is -2.10. The van der Waals surface area contributed by atoms with Crippen LogP contribution in [0.4, 0.5) is 5.95 Å². The number of nitrogens with zero attached hydrogens (tertiary/aromatic N) is 3. The summed E-state index contributed by atoms with van der Waals surface area (Å²) in [5, 5.41) is 0. The zero-order valence-electron chi connectivity index (χ0n) is 10.7. The van der Waals surface area contributed by atoms with Crippen LogP contribution >= 0.6 is 11.3 Å². The van der Waals surface area contributed by atoms with Crippen LogP contribution in [0.2, 0.25) is 0 Å². The van der Waals surface area contributed by atoms with Gasteiger partial charge in [-0.15, -0.1) is 11.3 Å². The number of esters is 1. The standard InChI is InChI=1S/C12H12BN3O2S/c1-3-18-11(17)10-5-4-9(19-10)8-6-7-14-12(15-8)16(2)13/h4-7H,3H2,1-2H3. The minimum Gasteiger partial charge on any atom is -0.462 e. The first-order valence-electron chi connectivity index (χ1n) is 5.70. The van der Waals surface area contributed by atoms with Crippen LogP contribution in [0.3, 0.4) is 0 Å². The third kappa shape index (κ3) is 3.11. The topological polar surface area (TPSA) is 55.3 Å². The van der Waals surface area contributed by atoms with Crippen molar-refractivity contribution in [1.29, 1.82) is 0 Å². The van der Waals surface area contributed by atoms with Gasteiger partial charge in [-0.3, -0.25) is 0 Å². The Morgan fingerprint density at radius 2 is 2.26 bits per heavy atom. The molecule has 2 aromatic heterocycles. The first kappa shape index (κ1) is 13.5. The molecule has 0 bridgehead atoms. The van der Waals surface area contributed by atoms with Crippen molar-refractivity contribution in [2.24, 2.45) is 0 Å². The van der Waals surface area contributed by atoms with Crippen LogP contribution in [0.25, 0.3) is 10.6 Å². The Balaban J connectivity index is 2.27. The number of hydrogen-bond acceptors (Lipinski definition) is 6. The summed E-state index contributed by atoms with van der Waals surface area (Å²) in [4.78, 5) is 22.7. The van der Waals surface area contributed by atoms with Gasteiger partial charge in [-0.1, -0.05) is 0 Å². The predicted molar refractivity (Wildman–Crippen MR) is 75.5 cm³/mol. The van der Waals surface area contributed by atoms with Crippen LogP contribution in [0.1, 0.15) is 16.6 Å². The van der Waals surface area contributed by atoms with Gasteiger partial charge in [0.15, 0.2) is 0 Å². The van der Waals surface area contributed by atoms with E-state index in [4.69, 9.17) is 12.7 Å². The van der Waals surface area contributed by atoms with E-state index in [0.29, 0.717) is 17.4 Å². The Morgan fingerprint density at radius 3 is 2.95 bits per heavy atom. The summed E-state index contributed by atoms with van der Waals surface area (Å²) < 4.78 is 4.95. The number of aromatic nitrogens is 2. The number of rotatable bonds is 4. The molecule has 0 atom stereocenters. The molecule has 0 aliphatic heterocycles. The second-order valence-electron chi connectivity index (χ2n) is 3.74. The summed E-state index contributed by atoms with van der Waals surface area (Å²) in [6.45, 7) is 2.14. The molecule has 0 unspecified atom stereocenters.